The number of carbonyl (C=O) groups excluding carboxylic acids is 1. The Morgan fingerprint density at radius 1 is 1.62 bits per heavy atom. The number of methoxy groups -OCH3 is 1. The Hall–Kier alpha value is -1.09. The Kier molecular flexibility index (Phi) is 4.30. The molecule has 2 nitrogen and oxygen atoms in total. The predicted molar refractivity (Wildman–Crippen MR) is 61.8 cm³/mol. The minimum absolute atomic E-state index is 0.0377. The number of hydrogen-bond donors (Lipinski definition) is 0. The lowest BCUT2D eigenvalue weighted by Gasteiger charge is -2.17. The number of carbonyl (C=O) groups is 1. The summed E-state index contributed by atoms with van der Waals surface area (Å²) in [5.74, 6) is -0.0407. The van der Waals surface area contributed by atoms with E-state index in [0.29, 0.717) is 17.7 Å². The van der Waals surface area contributed by atoms with Crippen LogP contribution in [0.4, 0.5) is 4.39 Å². The van der Waals surface area contributed by atoms with Crippen molar-refractivity contribution < 1.29 is 13.9 Å². The van der Waals surface area contributed by atoms with E-state index in [4.69, 9.17) is 16.3 Å². The topological polar surface area (TPSA) is 26.3 Å². The summed E-state index contributed by atoms with van der Waals surface area (Å²) < 4.78 is 18.7. The number of benzene rings is 1. The zero-order valence-corrected chi connectivity index (χ0v) is 10.3. The zero-order valence-electron chi connectivity index (χ0n) is 9.51. The van der Waals surface area contributed by atoms with Crippen molar-refractivity contribution in [3.05, 3.63) is 28.0 Å². The van der Waals surface area contributed by atoms with Crippen LogP contribution in [0.2, 0.25) is 5.02 Å². The van der Waals surface area contributed by atoms with Crippen molar-refractivity contribution in [2.24, 2.45) is 0 Å². The van der Waals surface area contributed by atoms with Gasteiger partial charge in [-0.3, -0.25) is 0 Å². The maximum Gasteiger partial charge on any atom is 0.148 e. The fraction of sp³-hybridized carbons (Fsp3) is 0.417. The molecular weight excluding hydrogens is 231 g/mol. The first-order valence-corrected chi connectivity index (χ1v) is 5.36. The second kappa shape index (κ2) is 5.30. The Morgan fingerprint density at radius 2 is 2.25 bits per heavy atom. The van der Waals surface area contributed by atoms with Crippen molar-refractivity contribution >= 4 is 17.9 Å². The first-order chi connectivity index (χ1) is 7.52. The molecule has 0 fully saturated rings. The maximum absolute atomic E-state index is 13.5. The molecule has 0 aliphatic heterocycles. The van der Waals surface area contributed by atoms with Crippen LogP contribution in [0.25, 0.3) is 0 Å². The largest absolute Gasteiger partial charge is 0.496 e. The zero-order chi connectivity index (χ0) is 12.3. The molecule has 1 aromatic rings. The molecule has 0 radical (unpaired) electrons. The monoisotopic (exact) mass is 244 g/mol. The van der Waals surface area contributed by atoms with Gasteiger partial charge in [0, 0.05) is 12.0 Å². The number of halogens is 2. The summed E-state index contributed by atoms with van der Waals surface area (Å²) in [6.45, 7) is 3.48. The van der Waals surface area contributed by atoms with Crippen LogP contribution in [-0.2, 0) is 4.79 Å². The van der Waals surface area contributed by atoms with E-state index in [1.165, 1.54) is 13.2 Å². The van der Waals surface area contributed by atoms with Gasteiger partial charge >= 0.3 is 0 Å². The molecule has 0 bridgehead atoms. The Labute approximate surface area is 99.4 Å². The van der Waals surface area contributed by atoms with E-state index in [0.717, 1.165) is 11.8 Å². The predicted octanol–water partition coefficient (Wildman–Crippen LogP) is 3.49. The smallest absolute Gasteiger partial charge is 0.148 e. The van der Waals surface area contributed by atoms with Crippen molar-refractivity contribution in [3.8, 4) is 5.75 Å². The van der Waals surface area contributed by atoms with E-state index in [-0.39, 0.29) is 10.9 Å². The second-order valence-electron chi connectivity index (χ2n) is 3.72. The first-order valence-electron chi connectivity index (χ1n) is 4.99. The third-order valence-electron chi connectivity index (χ3n) is 2.61. The highest BCUT2D eigenvalue weighted by atomic mass is 35.5. The molecule has 16 heavy (non-hydrogen) atoms. The van der Waals surface area contributed by atoms with Gasteiger partial charge in [-0.1, -0.05) is 18.5 Å². The standard InChI is InChI=1S/C12H14ClFO2/c1-7(4-5-15)9-6-10(13)11(14)8(2)12(9)16-3/h5-7H,4H2,1-3H3. The average Bonchev–Trinajstić information content (AvgIpc) is 2.26. The fourth-order valence-corrected chi connectivity index (χ4v) is 1.93. The first kappa shape index (κ1) is 13.0. The van der Waals surface area contributed by atoms with Gasteiger partial charge in [-0.05, 0) is 24.5 Å². The van der Waals surface area contributed by atoms with Crippen molar-refractivity contribution in [2.75, 3.05) is 7.11 Å². The van der Waals surface area contributed by atoms with Crippen LogP contribution in [0.3, 0.4) is 0 Å². The fourth-order valence-electron chi connectivity index (χ4n) is 1.67. The minimum Gasteiger partial charge on any atom is -0.496 e. The van der Waals surface area contributed by atoms with E-state index < -0.39 is 5.82 Å². The molecule has 0 saturated carbocycles. The molecule has 0 saturated heterocycles. The Morgan fingerprint density at radius 3 is 2.75 bits per heavy atom. The molecule has 1 atom stereocenters. The lowest BCUT2D eigenvalue weighted by atomic mass is 9.95. The van der Waals surface area contributed by atoms with Crippen LogP contribution in [-0.4, -0.2) is 13.4 Å². The highest BCUT2D eigenvalue weighted by Gasteiger charge is 2.18. The molecule has 88 valence electrons. The van der Waals surface area contributed by atoms with Crippen molar-refractivity contribution in [2.45, 2.75) is 26.2 Å². The van der Waals surface area contributed by atoms with Crippen molar-refractivity contribution in [1.82, 2.24) is 0 Å². The Balaban J connectivity index is 3.32. The second-order valence-corrected chi connectivity index (χ2v) is 4.13. The molecule has 0 aliphatic carbocycles. The van der Waals surface area contributed by atoms with Crippen LogP contribution in [0.15, 0.2) is 6.07 Å². The molecular formula is C12H14ClFO2. The lowest BCUT2D eigenvalue weighted by Crippen LogP contribution is -2.02. The molecule has 4 heteroatoms. The van der Waals surface area contributed by atoms with Gasteiger partial charge in [0.15, 0.2) is 0 Å². The van der Waals surface area contributed by atoms with Gasteiger partial charge in [0.05, 0.1) is 12.1 Å². The minimum atomic E-state index is -0.472. The molecule has 1 unspecified atom stereocenters. The van der Waals surface area contributed by atoms with E-state index in [1.807, 2.05) is 6.92 Å². The molecule has 1 aromatic carbocycles. The lowest BCUT2D eigenvalue weighted by molar-refractivity contribution is -0.108. The quantitative estimate of drug-likeness (QED) is 0.758. The molecule has 0 N–H and O–H groups in total. The molecule has 0 heterocycles. The summed E-state index contributed by atoms with van der Waals surface area (Å²) in [4.78, 5) is 10.5. The molecule has 0 amide bonds. The van der Waals surface area contributed by atoms with Gasteiger partial charge in [-0.25, -0.2) is 4.39 Å². The molecule has 1 rings (SSSR count). The van der Waals surface area contributed by atoms with Crippen LogP contribution >= 0.6 is 11.6 Å². The van der Waals surface area contributed by atoms with Gasteiger partial charge in [0.2, 0.25) is 0 Å². The van der Waals surface area contributed by atoms with E-state index in [9.17, 15) is 9.18 Å². The average molecular weight is 245 g/mol. The highest BCUT2D eigenvalue weighted by molar-refractivity contribution is 6.31. The number of rotatable bonds is 4. The third kappa shape index (κ3) is 2.35. The van der Waals surface area contributed by atoms with Crippen LogP contribution in [0.5, 0.6) is 5.75 Å². The van der Waals surface area contributed by atoms with E-state index >= 15 is 0 Å². The summed E-state index contributed by atoms with van der Waals surface area (Å²) in [5, 5.41) is 0.0612. The summed E-state index contributed by atoms with van der Waals surface area (Å²) in [5.41, 5.74) is 1.14. The third-order valence-corrected chi connectivity index (χ3v) is 2.88. The van der Waals surface area contributed by atoms with Crippen LogP contribution < -0.4 is 4.74 Å². The van der Waals surface area contributed by atoms with Gasteiger partial charge < -0.3 is 9.53 Å². The van der Waals surface area contributed by atoms with Gasteiger partial charge in [0.1, 0.15) is 17.9 Å². The number of aldehydes is 1. The summed E-state index contributed by atoms with van der Waals surface area (Å²) in [6, 6.07) is 1.52. The van der Waals surface area contributed by atoms with Gasteiger partial charge in [0.25, 0.3) is 0 Å². The van der Waals surface area contributed by atoms with Crippen LogP contribution in [0, 0.1) is 12.7 Å². The van der Waals surface area contributed by atoms with Gasteiger partial charge in [-0.2, -0.15) is 0 Å². The van der Waals surface area contributed by atoms with Gasteiger partial charge in [-0.15, -0.1) is 0 Å². The number of ether oxygens (including phenoxy) is 1. The molecule has 0 aromatic heterocycles. The number of hydrogen-bond acceptors (Lipinski definition) is 2. The summed E-state index contributed by atoms with van der Waals surface area (Å²) >= 11 is 5.77. The highest BCUT2D eigenvalue weighted by Crippen LogP contribution is 2.36. The van der Waals surface area contributed by atoms with E-state index in [2.05, 4.69) is 0 Å². The molecule has 0 spiro atoms. The van der Waals surface area contributed by atoms with E-state index in [1.54, 1.807) is 6.92 Å². The molecule has 0 aliphatic rings. The van der Waals surface area contributed by atoms with Crippen molar-refractivity contribution in [3.63, 3.8) is 0 Å². The Bertz CT molecular complexity index is 404. The summed E-state index contributed by atoms with van der Waals surface area (Å²) in [7, 11) is 1.48. The van der Waals surface area contributed by atoms with Crippen molar-refractivity contribution in [1.29, 1.82) is 0 Å². The summed E-state index contributed by atoms with van der Waals surface area (Å²) in [6.07, 6.45) is 1.19. The van der Waals surface area contributed by atoms with Crippen LogP contribution in [0.1, 0.15) is 30.4 Å². The normalized spacial score (nSPS) is 12.3. The maximum atomic E-state index is 13.5. The SMILES string of the molecule is COc1c(C(C)CC=O)cc(Cl)c(F)c1C.